The summed E-state index contributed by atoms with van der Waals surface area (Å²) in [5.41, 5.74) is 1.04. The number of hydrogen-bond donors (Lipinski definition) is 0. The predicted octanol–water partition coefficient (Wildman–Crippen LogP) is 2.45. The van der Waals surface area contributed by atoms with E-state index in [1.165, 1.54) is 0 Å². The molecule has 0 spiro atoms. The highest BCUT2D eigenvalue weighted by molar-refractivity contribution is 7.89. The van der Waals surface area contributed by atoms with Crippen LogP contribution in [0.25, 0.3) is 0 Å². The van der Waals surface area contributed by atoms with Gasteiger partial charge in [0.2, 0.25) is 0 Å². The van der Waals surface area contributed by atoms with Gasteiger partial charge in [0.1, 0.15) is 0 Å². The third-order valence-corrected chi connectivity index (χ3v) is 4.44. The van der Waals surface area contributed by atoms with Gasteiger partial charge in [0.15, 0.2) is 6.23 Å². The molecule has 17 heavy (non-hydrogen) atoms. The Morgan fingerprint density at radius 2 is 1.94 bits per heavy atom. The van der Waals surface area contributed by atoms with Gasteiger partial charge in [-0.05, 0) is 36.4 Å². The van der Waals surface area contributed by atoms with Gasteiger partial charge >= 0.3 is 0 Å². The van der Waals surface area contributed by atoms with Crippen LogP contribution in [0.2, 0.25) is 0 Å². The van der Waals surface area contributed by atoms with Gasteiger partial charge in [0.05, 0.1) is 4.90 Å². The normalized spacial score (nSPS) is 23.6. The van der Waals surface area contributed by atoms with Crippen LogP contribution in [0.3, 0.4) is 0 Å². The summed E-state index contributed by atoms with van der Waals surface area (Å²) in [6.07, 6.45) is 2.52. The van der Waals surface area contributed by atoms with Gasteiger partial charge in [-0.15, -0.1) is 0 Å². The molecule has 0 radical (unpaired) electrons. The first-order valence-electron chi connectivity index (χ1n) is 5.83. The van der Waals surface area contributed by atoms with Crippen molar-refractivity contribution < 1.29 is 13.3 Å². The molecule has 1 aromatic carbocycles. The van der Waals surface area contributed by atoms with Crippen molar-refractivity contribution in [2.24, 2.45) is 0 Å². The number of rotatable bonds is 5. The maximum Gasteiger partial charge on any atom is 0.267 e. The maximum atomic E-state index is 12.1. The molecular formula is C12H17NO3S. The van der Waals surface area contributed by atoms with E-state index < -0.39 is 10.0 Å². The van der Waals surface area contributed by atoms with Gasteiger partial charge in [-0.1, -0.05) is 31.0 Å². The summed E-state index contributed by atoms with van der Waals surface area (Å²) in [5, 5.41) is 0. The molecule has 1 heterocycles. The van der Waals surface area contributed by atoms with Crippen molar-refractivity contribution in [3.63, 3.8) is 0 Å². The van der Waals surface area contributed by atoms with E-state index in [-0.39, 0.29) is 6.23 Å². The fourth-order valence-corrected chi connectivity index (χ4v) is 2.97. The summed E-state index contributed by atoms with van der Waals surface area (Å²) >= 11 is 0. The molecule has 94 valence electrons. The van der Waals surface area contributed by atoms with Gasteiger partial charge in [0, 0.05) is 0 Å². The predicted molar refractivity (Wildman–Crippen MR) is 64.6 cm³/mol. The first-order valence-corrected chi connectivity index (χ1v) is 7.27. The van der Waals surface area contributed by atoms with E-state index in [2.05, 4.69) is 6.92 Å². The van der Waals surface area contributed by atoms with Crippen molar-refractivity contribution in [2.75, 3.05) is 0 Å². The molecule has 1 aromatic rings. The van der Waals surface area contributed by atoms with Crippen molar-refractivity contribution in [3.8, 4) is 0 Å². The SMILES string of the molecule is CCCCC1ON1S(=O)(=O)c1ccc(C)cc1. The van der Waals surface area contributed by atoms with Gasteiger partial charge in [-0.3, -0.25) is 4.84 Å². The van der Waals surface area contributed by atoms with Crippen LogP contribution in [0.1, 0.15) is 31.7 Å². The third-order valence-electron chi connectivity index (χ3n) is 2.78. The van der Waals surface area contributed by atoms with Crippen molar-refractivity contribution in [1.29, 1.82) is 0 Å². The number of sulfonamides is 1. The number of hydrogen-bond acceptors (Lipinski definition) is 3. The fourth-order valence-electron chi connectivity index (χ4n) is 1.66. The first-order chi connectivity index (χ1) is 8.05. The topological polar surface area (TPSA) is 49.7 Å². The Bertz CT molecular complexity index is 481. The minimum absolute atomic E-state index is 0.263. The number of unbranched alkanes of at least 4 members (excludes halogenated alkanes) is 1. The Labute approximate surface area is 102 Å². The molecule has 1 aliphatic heterocycles. The van der Waals surface area contributed by atoms with Crippen molar-refractivity contribution in [1.82, 2.24) is 4.47 Å². The van der Waals surface area contributed by atoms with E-state index in [4.69, 9.17) is 4.84 Å². The third kappa shape index (κ3) is 2.68. The van der Waals surface area contributed by atoms with Crippen LogP contribution < -0.4 is 0 Å². The summed E-state index contributed by atoms with van der Waals surface area (Å²) in [7, 11) is -3.45. The monoisotopic (exact) mass is 255 g/mol. The van der Waals surface area contributed by atoms with Crippen molar-refractivity contribution >= 4 is 10.0 Å². The molecule has 1 saturated heterocycles. The molecular weight excluding hydrogens is 238 g/mol. The van der Waals surface area contributed by atoms with Crippen LogP contribution in [-0.2, 0) is 14.9 Å². The maximum absolute atomic E-state index is 12.1. The van der Waals surface area contributed by atoms with Gasteiger partial charge in [-0.2, -0.15) is 0 Å². The molecule has 0 saturated carbocycles. The van der Waals surface area contributed by atoms with Gasteiger partial charge < -0.3 is 0 Å². The van der Waals surface area contributed by atoms with Crippen LogP contribution in [0, 0.1) is 6.92 Å². The zero-order chi connectivity index (χ0) is 12.5. The summed E-state index contributed by atoms with van der Waals surface area (Å²) in [6.45, 7) is 4.00. The highest BCUT2D eigenvalue weighted by Gasteiger charge is 2.46. The molecule has 0 aromatic heterocycles. The highest BCUT2D eigenvalue weighted by Crippen LogP contribution is 2.33. The molecule has 0 aliphatic carbocycles. The second-order valence-electron chi connectivity index (χ2n) is 4.28. The summed E-state index contributed by atoms with van der Waals surface area (Å²) in [4.78, 5) is 5.41. The molecule has 4 nitrogen and oxygen atoms in total. The van der Waals surface area contributed by atoms with Crippen molar-refractivity contribution in [3.05, 3.63) is 29.8 Å². The molecule has 2 atom stereocenters. The quantitative estimate of drug-likeness (QED) is 0.759. The Balaban J connectivity index is 2.08. The zero-order valence-corrected chi connectivity index (χ0v) is 10.9. The van der Waals surface area contributed by atoms with Crippen LogP contribution in [-0.4, -0.2) is 19.1 Å². The Morgan fingerprint density at radius 1 is 1.29 bits per heavy atom. The molecule has 1 aliphatic rings. The molecule has 2 rings (SSSR count). The van der Waals surface area contributed by atoms with Crippen LogP contribution >= 0.6 is 0 Å². The molecule has 2 unspecified atom stereocenters. The van der Waals surface area contributed by atoms with E-state index in [0.29, 0.717) is 4.90 Å². The van der Waals surface area contributed by atoms with E-state index in [9.17, 15) is 8.42 Å². The van der Waals surface area contributed by atoms with Gasteiger partial charge in [-0.25, -0.2) is 8.42 Å². The molecule has 1 fully saturated rings. The van der Waals surface area contributed by atoms with E-state index in [0.717, 1.165) is 29.3 Å². The zero-order valence-electron chi connectivity index (χ0n) is 10.1. The number of aryl methyl sites for hydroxylation is 1. The smallest absolute Gasteiger partial charge is 0.259 e. The number of benzene rings is 1. The summed E-state index contributed by atoms with van der Waals surface area (Å²) < 4.78 is 25.3. The van der Waals surface area contributed by atoms with E-state index >= 15 is 0 Å². The molecule has 0 N–H and O–H groups in total. The molecule has 0 bridgehead atoms. The lowest BCUT2D eigenvalue weighted by Gasteiger charge is -2.02. The number of nitrogens with zero attached hydrogens (tertiary/aromatic N) is 1. The minimum atomic E-state index is -3.45. The van der Waals surface area contributed by atoms with Crippen LogP contribution in [0.4, 0.5) is 0 Å². The second-order valence-corrected chi connectivity index (χ2v) is 6.06. The Hall–Kier alpha value is -0.910. The standard InChI is InChI=1S/C12H17NO3S/c1-3-4-5-12-13(16-12)17(14,15)11-8-6-10(2)7-9-11/h6-9,12H,3-5H2,1-2H3. The Morgan fingerprint density at radius 3 is 2.53 bits per heavy atom. The fraction of sp³-hybridized carbons (Fsp3) is 0.500. The lowest BCUT2D eigenvalue weighted by Crippen LogP contribution is -2.14. The van der Waals surface area contributed by atoms with Crippen molar-refractivity contribution in [2.45, 2.75) is 44.2 Å². The summed E-state index contributed by atoms with van der Waals surface area (Å²) in [5.74, 6) is 0. The molecule has 0 amide bonds. The second kappa shape index (κ2) is 4.76. The average molecular weight is 255 g/mol. The lowest BCUT2D eigenvalue weighted by atomic mass is 10.2. The first kappa shape index (κ1) is 12.5. The number of hydroxylamine groups is 1. The highest BCUT2D eigenvalue weighted by atomic mass is 32.2. The van der Waals surface area contributed by atoms with E-state index in [1.807, 2.05) is 6.92 Å². The van der Waals surface area contributed by atoms with Crippen LogP contribution in [0.15, 0.2) is 29.2 Å². The average Bonchev–Trinajstić information content (AvgIpc) is 3.07. The lowest BCUT2D eigenvalue weighted by molar-refractivity contribution is 0.280. The minimum Gasteiger partial charge on any atom is -0.259 e. The summed E-state index contributed by atoms with van der Waals surface area (Å²) in [6, 6.07) is 6.81. The largest absolute Gasteiger partial charge is 0.267 e. The van der Waals surface area contributed by atoms with Crippen LogP contribution in [0.5, 0.6) is 0 Å². The molecule has 5 heteroatoms. The Kier molecular flexibility index (Phi) is 3.51. The van der Waals surface area contributed by atoms with Gasteiger partial charge in [0.25, 0.3) is 10.0 Å². The van der Waals surface area contributed by atoms with E-state index in [1.54, 1.807) is 24.3 Å².